The summed E-state index contributed by atoms with van der Waals surface area (Å²) in [6.07, 6.45) is 9.18. The summed E-state index contributed by atoms with van der Waals surface area (Å²) in [5, 5.41) is 41.6. The zero-order valence-electron chi connectivity index (χ0n) is 17.6. The van der Waals surface area contributed by atoms with E-state index in [1.165, 1.54) is 0 Å². The lowest BCUT2D eigenvalue weighted by Gasteiger charge is -2.55. The van der Waals surface area contributed by atoms with E-state index >= 15 is 0 Å². The van der Waals surface area contributed by atoms with E-state index in [1.807, 2.05) is 24.3 Å². The molecule has 5 nitrogen and oxygen atoms in total. The van der Waals surface area contributed by atoms with Gasteiger partial charge in [-0.05, 0) is 50.4 Å². The molecule has 9 atom stereocenters. The highest BCUT2D eigenvalue weighted by Crippen LogP contribution is 2.64. The zero-order valence-corrected chi connectivity index (χ0v) is 17.6. The number of rotatable bonds is 4. The van der Waals surface area contributed by atoms with Crippen molar-refractivity contribution in [2.45, 2.75) is 71.2 Å². The molecule has 0 heterocycles. The van der Waals surface area contributed by atoms with E-state index in [-0.39, 0.29) is 40.9 Å². The van der Waals surface area contributed by atoms with Crippen LogP contribution in [-0.2, 0) is 4.79 Å². The van der Waals surface area contributed by atoms with Crippen LogP contribution in [0.25, 0.3) is 0 Å². The van der Waals surface area contributed by atoms with Crippen molar-refractivity contribution in [3.8, 4) is 0 Å². The number of fused-ring (bicyclic) bond motifs is 5. The van der Waals surface area contributed by atoms with Crippen LogP contribution in [0.3, 0.4) is 0 Å². The SMILES string of the molecule is C[C@H](CCC(=O)O)[C@H]1CCC2[C@H]3C(=C[C@H](O)[C@@]21C)[C@@]1(C)C=C[C@@H](O)CC1=C[C@H]3O. The molecule has 0 bridgehead atoms. The largest absolute Gasteiger partial charge is 0.481 e. The van der Waals surface area contributed by atoms with Gasteiger partial charge in [-0.3, -0.25) is 4.79 Å². The smallest absolute Gasteiger partial charge is 0.303 e. The second-order valence-corrected chi connectivity index (χ2v) is 10.2. The Morgan fingerprint density at radius 3 is 2.62 bits per heavy atom. The lowest BCUT2D eigenvalue weighted by Crippen LogP contribution is -2.53. The number of allylic oxidation sites excluding steroid dienone is 1. The standard InChI is InChI=1S/C24H34O5/c1-13(4-7-21(28)29)16-5-6-17-22-18(12-20(27)24(16,17)3)23(2)9-8-15(25)10-14(23)11-19(22)26/h8-9,11-13,15-17,19-20,22,25-27H,4-7,10H2,1-3H3,(H,28,29)/t13-,15-,16-,17?,19-,20+,22+,23+,24-/m1/s1. The van der Waals surface area contributed by atoms with Crippen LogP contribution >= 0.6 is 0 Å². The van der Waals surface area contributed by atoms with Gasteiger partial charge in [0.2, 0.25) is 0 Å². The van der Waals surface area contributed by atoms with Crippen LogP contribution in [0, 0.1) is 34.5 Å². The van der Waals surface area contributed by atoms with E-state index in [9.17, 15) is 20.1 Å². The minimum atomic E-state index is -0.775. The molecule has 160 valence electrons. The number of aliphatic hydroxyl groups excluding tert-OH is 3. The summed E-state index contributed by atoms with van der Waals surface area (Å²) in [7, 11) is 0. The molecule has 0 aromatic carbocycles. The summed E-state index contributed by atoms with van der Waals surface area (Å²) in [6, 6.07) is 0. The molecule has 4 N–H and O–H groups in total. The Kier molecular flexibility index (Phi) is 5.08. The van der Waals surface area contributed by atoms with Gasteiger partial charge in [0.25, 0.3) is 0 Å². The van der Waals surface area contributed by atoms with E-state index in [4.69, 9.17) is 5.11 Å². The highest BCUT2D eigenvalue weighted by molar-refractivity contribution is 5.66. The number of aliphatic carboxylic acids is 1. The van der Waals surface area contributed by atoms with E-state index in [0.717, 1.165) is 24.0 Å². The third kappa shape index (κ3) is 3.05. The molecule has 4 aliphatic rings. The van der Waals surface area contributed by atoms with Crippen molar-refractivity contribution in [2.75, 3.05) is 0 Å². The summed E-state index contributed by atoms with van der Waals surface area (Å²) in [5.74, 6) is -0.234. The predicted octanol–water partition coefficient (Wildman–Crippen LogP) is 3.06. The van der Waals surface area contributed by atoms with Gasteiger partial charge in [0.1, 0.15) is 0 Å². The van der Waals surface area contributed by atoms with E-state index in [1.54, 1.807) is 0 Å². The molecule has 1 fully saturated rings. The number of aliphatic hydroxyl groups is 3. The van der Waals surface area contributed by atoms with Gasteiger partial charge in [0.15, 0.2) is 0 Å². The van der Waals surface area contributed by atoms with Crippen molar-refractivity contribution in [1.29, 1.82) is 0 Å². The van der Waals surface area contributed by atoms with Crippen molar-refractivity contribution in [1.82, 2.24) is 0 Å². The molecule has 4 rings (SSSR count). The Balaban J connectivity index is 1.71. The average molecular weight is 403 g/mol. The lowest BCUT2D eigenvalue weighted by atomic mass is 9.50. The van der Waals surface area contributed by atoms with Crippen LogP contribution < -0.4 is 0 Å². The van der Waals surface area contributed by atoms with Gasteiger partial charge in [0, 0.05) is 23.2 Å². The number of hydrogen-bond acceptors (Lipinski definition) is 4. The second kappa shape index (κ2) is 7.07. The first kappa shape index (κ1) is 20.8. The highest BCUT2D eigenvalue weighted by atomic mass is 16.4. The van der Waals surface area contributed by atoms with Gasteiger partial charge in [0.05, 0.1) is 18.3 Å². The summed E-state index contributed by atoms with van der Waals surface area (Å²) >= 11 is 0. The van der Waals surface area contributed by atoms with Gasteiger partial charge < -0.3 is 20.4 Å². The molecule has 0 amide bonds. The number of carbonyl (C=O) groups is 1. The van der Waals surface area contributed by atoms with Crippen LogP contribution in [0.5, 0.6) is 0 Å². The molecule has 0 saturated heterocycles. The van der Waals surface area contributed by atoms with Crippen LogP contribution in [-0.4, -0.2) is 44.7 Å². The first-order chi connectivity index (χ1) is 13.6. The maximum Gasteiger partial charge on any atom is 0.303 e. The maximum atomic E-state index is 11.3. The maximum absolute atomic E-state index is 11.3. The van der Waals surface area contributed by atoms with Gasteiger partial charge in [-0.2, -0.15) is 0 Å². The van der Waals surface area contributed by atoms with E-state index in [2.05, 4.69) is 20.8 Å². The van der Waals surface area contributed by atoms with Gasteiger partial charge in [-0.1, -0.05) is 49.3 Å². The quantitative estimate of drug-likeness (QED) is 0.542. The first-order valence-electron chi connectivity index (χ1n) is 11.0. The molecule has 1 saturated carbocycles. The second-order valence-electron chi connectivity index (χ2n) is 10.2. The molecule has 0 aliphatic heterocycles. The molecule has 0 aromatic heterocycles. The lowest BCUT2D eigenvalue weighted by molar-refractivity contribution is -0.137. The molecule has 4 aliphatic carbocycles. The number of carboxylic acids is 1. The Labute approximate surface area is 172 Å². The van der Waals surface area contributed by atoms with Crippen LogP contribution in [0.4, 0.5) is 0 Å². The fraction of sp³-hybridized carbons (Fsp3) is 0.708. The van der Waals surface area contributed by atoms with E-state index in [0.29, 0.717) is 12.8 Å². The fourth-order valence-corrected chi connectivity index (χ4v) is 7.08. The average Bonchev–Trinajstić information content (AvgIpc) is 3.01. The summed E-state index contributed by atoms with van der Waals surface area (Å²) in [5.41, 5.74) is 1.38. The summed E-state index contributed by atoms with van der Waals surface area (Å²) in [4.78, 5) is 11.0. The molecule has 0 radical (unpaired) electrons. The minimum absolute atomic E-state index is 0.0475. The third-order valence-electron chi connectivity index (χ3n) is 8.74. The number of carboxylic acid groups (broad SMARTS) is 1. The molecule has 29 heavy (non-hydrogen) atoms. The van der Waals surface area contributed by atoms with Gasteiger partial charge >= 0.3 is 5.97 Å². The molecular formula is C24H34O5. The summed E-state index contributed by atoms with van der Waals surface area (Å²) in [6.45, 7) is 6.37. The molecular weight excluding hydrogens is 368 g/mol. The van der Waals surface area contributed by atoms with Crippen LogP contribution in [0.1, 0.15) is 52.9 Å². The summed E-state index contributed by atoms with van der Waals surface area (Å²) < 4.78 is 0. The predicted molar refractivity (Wildman–Crippen MR) is 110 cm³/mol. The fourth-order valence-electron chi connectivity index (χ4n) is 7.08. The van der Waals surface area contributed by atoms with Crippen molar-refractivity contribution in [3.05, 3.63) is 35.5 Å². The normalized spacial score (nSPS) is 46.8. The Hall–Kier alpha value is -1.43. The molecule has 0 spiro atoms. The molecule has 1 unspecified atom stereocenters. The first-order valence-corrected chi connectivity index (χ1v) is 11.0. The van der Waals surface area contributed by atoms with Crippen molar-refractivity contribution < 1.29 is 25.2 Å². The van der Waals surface area contributed by atoms with Crippen LogP contribution in [0.2, 0.25) is 0 Å². The topological polar surface area (TPSA) is 98.0 Å². The monoisotopic (exact) mass is 402 g/mol. The van der Waals surface area contributed by atoms with Gasteiger partial charge in [-0.25, -0.2) is 0 Å². The van der Waals surface area contributed by atoms with Crippen molar-refractivity contribution in [2.24, 2.45) is 34.5 Å². The number of hydrogen-bond donors (Lipinski definition) is 4. The van der Waals surface area contributed by atoms with Crippen LogP contribution in [0.15, 0.2) is 35.5 Å². The van der Waals surface area contributed by atoms with Crippen molar-refractivity contribution >= 4 is 5.97 Å². The minimum Gasteiger partial charge on any atom is -0.481 e. The molecule has 5 heteroatoms. The van der Waals surface area contributed by atoms with Crippen molar-refractivity contribution in [3.63, 3.8) is 0 Å². The highest BCUT2D eigenvalue weighted by Gasteiger charge is 2.61. The van der Waals surface area contributed by atoms with E-state index < -0.39 is 24.3 Å². The Morgan fingerprint density at radius 2 is 1.93 bits per heavy atom. The zero-order chi connectivity index (χ0) is 21.1. The van der Waals surface area contributed by atoms with Gasteiger partial charge in [-0.15, -0.1) is 0 Å². The Morgan fingerprint density at radius 1 is 1.21 bits per heavy atom. The Bertz CT molecular complexity index is 782. The third-order valence-corrected chi connectivity index (χ3v) is 8.74. The molecule has 0 aromatic rings.